The van der Waals surface area contributed by atoms with Crippen LogP contribution in [0.25, 0.3) is 0 Å². The first-order valence-corrected chi connectivity index (χ1v) is 9.13. The Labute approximate surface area is 143 Å². The van der Waals surface area contributed by atoms with Gasteiger partial charge in [0.25, 0.3) is 0 Å². The Balaban J connectivity index is 1.65. The van der Waals surface area contributed by atoms with Gasteiger partial charge in [0.1, 0.15) is 0 Å². The zero-order valence-electron chi connectivity index (χ0n) is 11.9. The molecule has 112 valence electrons. The fourth-order valence-corrected chi connectivity index (χ4v) is 4.13. The van der Waals surface area contributed by atoms with Crippen LogP contribution in [0.5, 0.6) is 0 Å². The molecule has 1 saturated carbocycles. The van der Waals surface area contributed by atoms with Crippen LogP contribution in [0.4, 0.5) is 5.69 Å². The first-order chi connectivity index (χ1) is 10.1. The first kappa shape index (κ1) is 15.3. The standard InChI is InChI=1S/C16H18BrClN2S/c1-20(9-14-7-12(17)10-21-14)16-5-2-11(6-15(16)18)8-19-13-3-4-13/h2,5-7,10,13,19H,3-4,8-9H2,1H3. The summed E-state index contributed by atoms with van der Waals surface area (Å²) in [4.78, 5) is 3.51. The predicted molar refractivity (Wildman–Crippen MR) is 95.4 cm³/mol. The number of anilines is 1. The van der Waals surface area contributed by atoms with Gasteiger partial charge in [0.05, 0.1) is 17.3 Å². The van der Waals surface area contributed by atoms with E-state index in [1.807, 2.05) is 0 Å². The molecular formula is C16H18BrClN2S. The number of benzene rings is 1. The lowest BCUT2D eigenvalue weighted by atomic mass is 10.2. The number of hydrogen-bond donors (Lipinski definition) is 1. The summed E-state index contributed by atoms with van der Waals surface area (Å²) in [5.41, 5.74) is 2.33. The van der Waals surface area contributed by atoms with Gasteiger partial charge in [0.15, 0.2) is 0 Å². The topological polar surface area (TPSA) is 15.3 Å². The van der Waals surface area contributed by atoms with Crippen molar-refractivity contribution in [1.82, 2.24) is 5.32 Å². The van der Waals surface area contributed by atoms with Crippen LogP contribution in [0.2, 0.25) is 5.02 Å². The number of rotatable bonds is 6. The molecule has 5 heteroatoms. The molecule has 1 heterocycles. The van der Waals surface area contributed by atoms with Crippen molar-refractivity contribution in [3.05, 3.63) is 49.6 Å². The van der Waals surface area contributed by atoms with Crippen molar-refractivity contribution in [2.24, 2.45) is 0 Å². The van der Waals surface area contributed by atoms with E-state index >= 15 is 0 Å². The number of nitrogens with zero attached hydrogens (tertiary/aromatic N) is 1. The maximum atomic E-state index is 6.45. The van der Waals surface area contributed by atoms with Gasteiger partial charge >= 0.3 is 0 Å². The SMILES string of the molecule is CN(Cc1cc(Br)cs1)c1ccc(CNC2CC2)cc1Cl. The molecule has 0 bridgehead atoms. The average Bonchev–Trinajstić information content (AvgIpc) is 3.19. The Morgan fingerprint density at radius 2 is 2.19 bits per heavy atom. The van der Waals surface area contributed by atoms with E-state index in [4.69, 9.17) is 11.6 Å². The summed E-state index contributed by atoms with van der Waals surface area (Å²) in [6, 6.07) is 9.24. The number of nitrogens with one attached hydrogen (secondary N) is 1. The molecule has 0 saturated heterocycles. The molecule has 0 radical (unpaired) electrons. The van der Waals surface area contributed by atoms with E-state index in [-0.39, 0.29) is 0 Å². The van der Waals surface area contributed by atoms with Crippen LogP contribution >= 0.6 is 38.9 Å². The monoisotopic (exact) mass is 384 g/mol. The van der Waals surface area contributed by atoms with Crippen LogP contribution in [0.3, 0.4) is 0 Å². The van der Waals surface area contributed by atoms with E-state index in [1.165, 1.54) is 23.3 Å². The van der Waals surface area contributed by atoms with Crippen molar-refractivity contribution in [2.45, 2.75) is 32.0 Å². The first-order valence-electron chi connectivity index (χ1n) is 7.07. The van der Waals surface area contributed by atoms with Crippen LogP contribution in [-0.4, -0.2) is 13.1 Å². The normalized spacial score (nSPS) is 14.4. The van der Waals surface area contributed by atoms with E-state index in [0.29, 0.717) is 0 Å². The third-order valence-corrected chi connectivity index (χ3v) is 5.60. The molecule has 1 N–H and O–H groups in total. The maximum absolute atomic E-state index is 6.45. The molecule has 1 aliphatic rings. The molecule has 0 aliphatic heterocycles. The molecule has 21 heavy (non-hydrogen) atoms. The fraction of sp³-hybridized carbons (Fsp3) is 0.375. The number of thiophene rings is 1. The van der Waals surface area contributed by atoms with Crippen molar-refractivity contribution in [3.63, 3.8) is 0 Å². The van der Waals surface area contributed by atoms with E-state index < -0.39 is 0 Å². The van der Waals surface area contributed by atoms with Crippen molar-refractivity contribution in [3.8, 4) is 0 Å². The van der Waals surface area contributed by atoms with E-state index in [9.17, 15) is 0 Å². The Morgan fingerprint density at radius 3 is 2.81 bits per heavy atom. The molecule has 1 aliphatic carbocycles. The Bertz CT molecular complexity index is 624. The van der Waals surface area contributed by atoms with Gasteiger partial charge in [-0.2, -0.15) is 0 Å². The molecule has 3 rings (SSSR count). The maximum Gasteiger partial charge on any atom is 0.0642 e. The third kappa shape index (κ3) is 4.22. The number of hydrogen-bond acceptors (Lipinski definition) is 3. The van der Waals surface area contributed by atoms with E-state index in [1.54, 1.807) is 11.3 Å². The Morgan fingerprint density at radius 1 is 1.38 bits per heavy atom. The van der Waals surface area contributed by atoms with Crippen molar-refractivity contribution in [2.75, 3.05) is 11.9 Å². The van der Waals surface area contributed by atoms with Crippen molar-refractivity contribution < 1.29 is 0 Å². The number of halogens is 2. The van der Waals surface area contributed by atoms with Gasteiger partial charge in [-0.15, -0.1) is 11.3 Å². The lowest BCUT2D eigenvalue weighted by Crippen LogP contribution is -2.17. The minimum absolute atomic E-state index is 0.725. The van der Waals surface area contributed by atoms with E-state index in [2.05, 4.69) is 62.8 Å². The van der Waals surface area contributed by atoms with Crippen LogP contribution in [-0.2, 0) is 13.1 Å². The molecule has 0 unspecified atom stereocenters. The summed E-state index contributed by atoms with van der Waals surface area (Å²) in [6.45, 7) is 1.78. The average molecular weight is 386 g/mol. The van der Waals surface area contributed by atoms with Gasteiger partial charge in [0, 0.05) is 34.4 Å². The minimum atomic E-state index is 0.725. The van der Waals surface area contributed by atoms with E-state index in [0.717, 1.165) is 34.3 Å². The lowest BCUT2D eigenvalue weighted by molar-refractivity contribution is 0.688. The zero-order chi connectivity index (χ0) is 14.8. The third-order valence-electron chi connectivity index (χ3n) is 3.61. The highest BCUT2D eigenvalue weighted by molar-refractivity contribution is 9.10. The second-order valence-electron chi connectivity index (χ2n) is 5.53. The highest BCUT2D eigenvalue weighted by atomic mass is 79.9. The largest absolute Gasteiger partial charge is 0.368 e. The van der Waals surface area contributed by atoms with Gasteiger partial charge in [-0.25, -0.2) is 0 Å². The Kier molecular flexibility index (Phi) is 4.89. The quantitative estimate of drug-likeness (QED) is 0.748. The molecule has 0 spiro atoms. The fourth-order valence-electron chi connectivity index (χ4n) is 2.28. The van der Waals surface area contributed by atoms with Gasteiger partial charge < -0.3 is 10.2 Å². The summed E-state index contributed by atoms with van der Waals surface area (Å²) in [5.74, 6) is 0. The highest BCUT2D eigenvalue weighted by Gasteiger charge is 2.20. The van der Waals surface area contributed by atoms with Crippen LogP contribution in [0, 0.1) is 0 Å². The van der Waals surface area contributed by atoms with Crippen LogP contribution in [0.15, 0.2) is 34.1 Å². The molecule has 1 aromatic heterocycles. The van der Waals surface area contributed by atoms with Crippen molar-refractivity contribution in [1.29, 1.82) is 0 Å². The molecule has 1 aromatic carbocycles. The molecular weight excluding hydrogens is 368 g/mol. The summed E-state index contributed by atoms with van der Waals surface area (Å²) >= 11 is 11.7. The minimum Gasteiger partial charge on any atom is -0.368 e. The predicted octanol–water partition coefficient (Wildman–Crippen LogP) is 5.05. The molecule has 2 aromatic rings. The van der Waals surface area contributed by atoms with Gasteiger partial charge in [-0.05, 0) is 52.5 Å². The van der Waals surface area contributed by atoms with Gasteiger partial charge in [-0.1, -0.05) is 17.7 Å². The molecule has 0 amide bonds. The zero-order valence-corrected chi connectivity index (χ0v) is 15.1. The second kappa shape index (κ2) is 6.69. The molecule has 2 nitrogen and oxygen atoms in total. The second-order valence-corrected chi connectivity index (χ2v) is 7.85. The van der Waals surface area contributed by atoms with Crippen LogP contribution in [0.1, 0.15) is 23.3 Å². The summed E-state index contributed by atoms with van der Waals surface area (Å²) in [5, 5.41) is 6.45. The smallest absolute Gasteiger partial charge is 0.0642 e. The Hall–Kier alpha value is -0.550. The summed E-state index contributed by atoms with van der Waals surface area (Å²) < 4.78 is 1.14. The highest BCUT2D eigenvalue weighted by Crippen LogP contribution is 2.29. The van der Waals surface area contributed by atoms with Crippen LogP contribution < -0.4 is 10.2 Å². The van der Waals surface area contributed by atoms with Gasteiger partial charge in [0.2, 0.25) is 0 Å². The lowest BCUT2D eigenvalue weighted by Gasteiger charge is -2.20. The van der Waals surface area contributed by atoms with Gasteiger partial charge in [-0.3, -0.25) is 0 Å². The summed E-state index contributed by atoms with van der Waals surface area (Å²) in [7, 11) is 2.08. The molecule has 1 fully saturated rings. The molecule has 0 atom stereocenters. The van der Waals surface area contributed by atoms with Crippen molar-refractivity contribution >= 4 is 44.6 Å². The summed E-state index contributed by atoms with van der Waals surface area (Å²) in [6.07, 6.45) is 2.62.